The van der Waals surface area contributed by atoms with Crippen LogP contribution in [0.25, 0.3) is 0 Å². The Morgan fingerprint density at radius 2 is 2.47 bits per heavy atom. The van der Waals surface area contributed by atoms with E-state index in [0.29, 0.717) is 0 Å². The van der Waals surface area contributed by atoms with Crippen LogP contribution in [0.5, 0.6) is 0 Å². The molecule has 0 spiro atoms. The van der Waals surface area contributed by atoms with Crippen LogP contribution in [0.3, 0.4) is 0 Å². The van der Waals surface area contributed by atoms with E-state index in [1.807, 2.05) is 11.3 Å². The molecule has 1 aliphatic heterocycles. The Labute approximate surface area is 117 Å². The highest BCUT2D eigenvalue weighted by Crippen LogP contribution is 2.25. The first-order chi connectivity index (χ1) is 8.29. The second-order valence-electron chi connectivity index (χ2n) is 4.70. The molecule has 17 heavy (non-hydrogen) atoms. The molecule has 1 aromatic heterocycles. The molecule has 0 radical (unpaired) electrons. The molecule has 4 heteroatoms. The van der Waals surface area contributed by atoms with Crippen LogP contribution in [0, 0.1) is 0 Å². The molecule has 96 valence electrons. The van der Waals surface area contributed by atoms with Gasteiger partial charge in [-0.1, -0.05) is 6.92 Å². The summed E-state index contributed by atoms with van der Waals surface area (Å²) in [6.07, 6.45) is 3.93. The Morgan fingerprint density at radius 1 is 1.59 bits per heavy atom. The van der Waals surface area contributed by atoms with Crippen molar-refractivity contribution in [2.24, 2.45) is 0 Å². The fraction of sp³-hybridized carbons (Fsp3) is 0.692. The fourth-order valence-electron chi connectivity index (χ4n) is 2.42. The van der Waals surface area contributed by atoms with Gasteiger partial charge in [-0.25, -0.2) is 0 Å². The molecule has 1 aromatic rings. The van der Waals surface area contributed by atoms with Crippen molar-refractivity contribution in [1.29, 1.82) is 0 Å². The average molecular weight is 317 g/mol. The standard InChI is InChI=1S/C13H21BrN2S/c1-2-5-15-8-12-4-3-6-16(12)9-13-7-11(14)10-17-13/h7,10,12,15H,2-6,8-9H2,1H3. The monoisotopic (exact) mass is 316 g/mol. The third-order valence-electron chi connectivity index (χ3n) is 3.29. The van der Waals surface area contributed by atoms with Gasteiger partial charge < -0.3 is 5.32 Å². The van der Waals surface area contributed by atoms with E-state index in [9.17, 15) is 0 Å². The number of thiophene rings is 1. The van der Waals surface area contributed by atoms with Crippen molar-refractivity contribution < 1.29 is 0 Å². The highest BCUT2D eigenvalue weighted by Gasteiger charge is 2.24. The Bertz CT molecular complexity index is 340. The Morgan fingerprint density at radius 3 is 3.18 bits per heavy atom. The number of halogens is 1. The fourth-order valence-corrected chi connectivity index (χ4v) is 3.89. The van der Waals surface area contributed by atoms with Gasteiger partial charge in [0.15, 0.2) is 0 Å². The molecule has 1 aliphatic rings. The van der Waals surface area contributed by atoms with Gasteiger partial charge >= 0.3 is 0 Å². The molecule has 1 N–H and O–H groups in total. The molecule has 2 heterocycles. The quantitative estimate of drug-likeness (QED) is 0.808. The second-order valence-corrected chi connectivity index (χ2v) is 6.61. The van der Waals surface area contributed by atoms with Gasteiger partial charge in [0.1, 0.15) is 0 Å². The Balaban J connectivity index is 1.82. The highest BCUT2D eigenvalue weighted by atomic mass is 79.9. The summed E-state index contributed by atoms with van der Waals surface area (Å²) in [6, 6.07) is 2.99. The lowest BCUT2D eigenvalue weighted by molar-refractivity contribution is 0.241. The first-order valence-corrected chi connectivity index (χ1v) is 8.14. The minimum Gasteiger partial charge on any atom is -0.315 e. The van der Waals surface area contributed by atoms with Crippen LogP contribution in [0.2, 0.25) is 0 Å². The van der Waals surface area contributed by atoms with Gasteiger partial charge in [0, 0.05) is 33.9 Å². The number of rotatable bonds is 6. The summed E-state index contributed by atoms with van der Waals surface area (Å²) in [7, 11) is 0. The van der Waals surface area contributed by atoms with Crippen LogP contribution in [-0.4, -0.2) is 30.6 Å². The predicted octanol–water partition coefficient (Wildman–Crippen LogP) is 3.47. The molecule has 2 nitrogen and oxygen atoms in total. The normalized spacial score (nSPS) is 21.2. The summed E-state index contributed by atoms with van der Waals surface area (Å²) in [6.45, 7) is 6.90. The topological polar surface area (TPSA) is 15.3 Å². The number of likely N-dealkylation sites (tertiary alicyclic amines) is 1. The number of hydrogen-bond acceptors (Lipinski definition) is 3. The van der Waals surface area contributed by atoms with Gasteiger partial charge in [-0.15, -0.1) is 11.3 Å². The summed E-state index contributed by atoms with van der Waals surface area (Å²) in [5.74, 6) is 0. The van der Waals surface area contributed by atoms with Gasteiger partial charge in [-0.05, 0) is 54.3 Å². The van der Waals surface area contributed by atoms with E-state index >= 15 is 0 Å². The van der Waals surface area contributed by atoms with Crippen LogP contribution < -0.4 is 5.32 Å². The molecule has 0 amide bonds. The summed E-state index contributed by atoms with van der Waals surface area (Å²) >= 11 is 5.39. The molecular formula is C13H21BrN2S. The number of nitrogens with one attached hydrogen (secondary N) is 1. The first-order valence-electron chi connectivity index (χ1n) is 6.47. The maximum atomic E-state index is 3.55. The van der Waals surface area contributed by atoms with Crippen molar-refractivity contribution in [1.82, 2.24) is 10.2 Å². The summed E-state index contributed by atoms with van der Waals surface area (Å²) in [5.41, 5.74) is 0. The zero-order chi connectivity index (χ0) is 12.1. The smallest absolute Gasteiger partial charge is 0.0331 e. The molecule has 0 aliphatic carbocycles. The Kier molecular flexibility index (Phi) is 5.48. The molecule has 1 unspecified atom stereocenters. The van der Waals surface area contributed by atoms with Gasteiger partial charge in [-0.3, -0.25) is 4.90 Å². The molecule has 1 fully saturated rings. The van der Waals surface area contributed by atoms with Gasteiger partial charge in [-0.2, -0.15) is 0 Å². The van der Waals surface area contributed by atoms with Crippen molar-refractivity contribution >= 4 is 27.3 Å². The van der Waals surface area contributed by atoms with Gasteiger partial charge in [0.25, 0.3) is 0 Å². The van der Waals surface area contributed by atoms with Crippen LogP contribution in [-0.2, 0) is 6.54 Å². The largest absolute Gasteiger partial charge is 0.315 e. The van der Waals surface area contributed by atoms with E-state index in [1.54, 1.807) is 0 Å². The number of nitrogens with zero attached hydrogens (tertiary/aromatic N) is 1. The molecule has 0 bridgehead atoms. The van der Waals surface area contributed by atoms with E-state index in [-0.39, 0.29) is 0 Å². The maximum absolute atomic E-state index is 3.55. The molecule has 0 saturated carbocycles. The zero-order valence-corrected chi connectivity index (χ0v) is 12.8. The molecule has 0 aromatic carbocycles. The van der Waals surface area contributed by atoms with Crippen LogP contribution >= 0.6 is 27.3 Å². The van der Waals surface area contributed by atoms with Crippen molar-refractivity contribution in [2.75, 3.05) is 19.6 Å². The molecule has 1 saturated heterocycles. The van der Waals surface area contributed by atoms with Crippen molar-refractivity contribution in [3.63, 3.8) is 0 Å². The molecular weight excluding hydrogens is 296 g/mol. The highest BCUT2D eigenvalue weighted by molar-refractivity contribution is 9.10. The number of hydrogen-bond donors (Lipinski definition) is 1. The van der Waals surface area contributed by atoms with Crippen LogP contribution in [0.15, 0.2) is 15.9 Å². The summed E-state index contributed by atoms with van der Waals surface area (Å²) < 4.78 is 1.22. The molecule has 2 rings (SSSR count). The Hall–Kier alpha value is 0.1000. The van der Waals surface area contributed by atoms with Crippen LogP contribution in [0.4, 0.5) is 0 Å². The summed E-state index contributed by atoms with van der Waals surface area (Å²) in [5, 5.41) is 5.73. The van der Waals surface area contributed by atoms with Gasteiger partial charge in [0.05, 0.1) is 0 Å². The minimum atomic E-state index is 0.738. The second kappa shape index (κ2) is 6.88. The van der Waals surface area contributed by atoms with Crippen molar-refractivity contribution in [3.05, 3.63) is 20.8 Å². The minimum absolute atomic E-state index is 0.738. The maximum Gasteiger partial charge on any atom is 0.0331 e. The van der Waals surface area contributed by atoms with Crippen molar-refractivity contribution in [2.45, 2.75) is 38.8 Å². The lowest BCUT2D eigenvalue weighted by Gasteiger charge is -2.24. The predicted molar refractivity (Wildman–Crippen MR) is 78.6 cm³/mol. The van der Waals surface area contributed by atoms with E-state index in [0.717, 1.165) is 25.7 Å². The van der Waals surface area contributed by atoms with E-state index < -0.39 is 0 Å². The van der Waals surface area contributed by atoms with Crippen molar-refractivity contribution in [3.8, 4) is 0 Å². The van der Waals surface area contributed by atoms with E-state index in [1.165, 1.54) is 35.2 Å². The SMILES string of the molecule is CCCNCC1CCCN1Cc1cc(Br)cs1. The lowest BCUT2D eigenvalue weighted by Crippen LogP contribution is -2.37. The van der Waals surface area contributed by atoms with Gasteiger partial charge in [0.2, 0.25) is 0 Å². The summed E-state index contributed by atoms with van der Waals surface area (Å²) in [4.78, 5) is 4.10. The third kappa shape index (κ3) is 4.05. The lowest BCUT2D eigenvalue weighted by atomic mass is 10.2. The average Bonchev–Trinajstić information content (AvgIpc) is 2.90. The first kappa shape index (κ1) is 13.5. The molecule has 1 atom stereocenters. The zero-order valence-electron chi connectivity index (χ0n) is 10.4. The van der Waals surface area contributed by atoms with Crippen LogP contribution in [0.1, 0.15) is 31.1 Å². The van der Waals surface area contributed by atoms with E-state index in [2.05, 4.69) is 44.5 Å². The third-order valence-corrected chi connectivity index (χ3v) is 4.97. The van der Waals surface area contributed by atoms with E-state index in [4.69, 9.17) is 0 Å².